The Bertz CT molecular complexity index is 530. The van der Waals surface area contributed by atoms with Crippen molar-refractivity contribution in [2.45, 2.75) is 39.7 Å². The van der Waals surface area contributed by atoms with Crippen LogP contribution >= 0.6 is 0 Å². The smallest absolute Gasteiger partial charge is 0.180 e. The Morgan fingerprint density at radius 1 is 1.33 bits per heavy atom. The summed E-state index contributed by atoms with van der Waals surface area (Å²) in [7, 11) is 0. The van der Waals surface area contributed by atoms with Crippen molar-refractivity contribution < 1.29 is 0 Å². The molecule has 0 spiro atoms. The van der Waals surface area contributed by atoms with Crippen molar-refractivity contribution in [3.8, 4) is 11.5 Å². The van der Waals surface area contributed by atoms with E-state index in [1.807, 2.05) is 6.07 Å². The van der Waals surface area contributed by atoms with E-state index in [0.29, 0.717) is 17.6 Å². The van der Waals surface area contributed by atoms with Crippen LogP contribution in [-0.2, 0) is 6.54 Å². The molecule has 0 saturated heterocycles. The SMILES string of the molecule is CCCn1cncc1-c1nc(N)cc(C(C)C)n1. The fourth-order valence-electron chi connectivity index (χ4n) is 1.82. The first-order valence-electron chi connectivity index (χ1n) is 6.26. The lowest BCUT2D eigenvalue weighted by Gasteiger charge is -2.09. The van der Waals surface area contributed by atoms with E-state index in [0.717, 1.165) is 24.4 Å². The van der Waals surface area contributed by atoms with Crippen LogP contribution in [0.4, 0.5) is 5.82 Å². The van der Waals surface area contributed by atoms with Crippen molar-refractivity contribution in [3.05, 3.63) is 24.3 Å². The molecule has 96 valence electrons. The highest BCUT2D eigenvalue weighted by atomic mass is 15.1. The van der Waals surface area contributed by atoms with Crippen molar-refractivity contribution >= 4 is 5.82 Å². The third-order valence-electron chi connectivity index (χ3n) is 2.76. The molecule has 2 rings (SSSR count). The van der Waals surface area contributed by atoms with Gasteiger partial charge in [0.25, 0.3) is 0 Å². The van der Waals surface area contributed by atoms with Crippen molar-refractivity contribution in [3.63, 3.8) is 0 Å². The van der Waals surface area contributed by atoms with E-state index in [2.05, 4.69) is 40.3 Å². The number of nitrogen functional groups attached to an aromatic ring is 1. The van der Waals surface area contributed by atoms with Crippen molar-refractivity contribution in [2.75, 3.05) is 5.73 Å². The molecule has 0 saturated carbocycles. The molecular formula is C13H19N5. The zero-order valence-electron chi connectivity index (χ0n) is 11.1. The van der Waals surface area contributed by atoms with Gasteiger partial charge in [0.1, 0.15) is 11.5 Å². The molecule has 0 aliphatic rings. The number of rotatable bonds is 4. The van der Waals surface area contributed by atoms with E-state index >= 15 is 0 Å². The standard InChI is InChI=1S/C13H19N5/c1-4-5-18-8-15-7-11(18)13-16-10(9(2)3)6-12(14)17-13/h6-9H,4-5H2,1-3H3,(H2,14,16,17). The second kappa shape index (κ2) is 5.16. The minimum absolute atomic E-state index is 0.330. The zero-order chi connectivity index (χ0) is 13.1. The van der Waals surface area contributed by atoms with Crippen molar-refractivity contribution in [2.24, 2.45) is 0 Å². The third-order valence-corrected chi connectivity index (χ3v) is 2.76. The largest absolute Gasteiger partial charge is 0.384 e. The summed E-state index contributed by atoms with van der Waals surface area (Å²) in [5, 5.41) is 0. The Morgan fingerprint density at radius 3 is 2.78 bits per heavy atom. The fourth-order valence-corrected chi connectivity index (χ4v) is 1.82. The van der Waals surface area contributed by atoms with E-state index in [1.54, 1.807) is 12.5 Å². The Kier molecular flexibility index (Phi) is 3.60. The molecule has 0 unspecified atom stereocenters. The lowest BCUT2D eigenvalue weighted by atomic mass is 10.1. The van der Waals surface area contributed by atoms with Crippen LogP contribution in [0.1, 0.15) is 38.8 Å². The molecule has 2 heterocycles. The van der Waals surface area contributed by atoms with Gasteiger partial charge in [-0.15, -0.1) is 0 Å². The maximum Gasteiger partial charge on any atom is 0.180 e. The number of anilines is 1. The monoisotopic (exact) mass is 245 g/mol. The summed E-state index contributed by atoms with van der Waals surface area (Å²) in [6.07, 6.45) is 4.64. The minimum atomic E-state index is 0.330. The van der Waals surface area contributed by atoms with Crippen LogP contribution in [0.5, 0.6) is 0 Å². The second-order valence-electron chi connectivity index (χ2n) is 4.67. The van der Waals surface area contributed by atoms with Crippen LogP contribution < -0.4 is 5.73 Å². The van der Waals surface area contributed by atoms with Crippen LogP contribution in [0.25, 0.3) is 11.5 Å². The summed E-state index contributed by atoms with van der Waals surface area (Å²) < 4.78 is 2.05. The van der Waals surface area contributed by atoms with Crippen molar-refractivity contribution in [1.29, 1.82) is 0 Å². The fraction of sp³-hybridized carbons (Fsp3) is 0.462. The summed E-state index contributed by atoms with van der Waals surface area (Å²) >= 11 is 0. The Labute approximate surface area is 107 Å². The molecule has 0 fully saturated rings. The molecule has 0 atom stereocenters. The van der Waals surface area contributed by atoms with E-state index in [-0.39, 0.29) is 0 Å². The van der Waals surface area contributed by atoms with Gasteiger partial charge in [0.05, 0.1) is 12.5 Å². The molecule has 2 N–H and O–H groups in total. The topological polar surface area (TPSA) is 69.6 Å². The maximum atomic E-state index is 5.85. The lowest BCUT2D eigenvalue weighted by molar-refractivity contribution is 0.680. The maximum absolute atomic E-state index is 5.85. The molecule has 0 amide bonds. The van der Waals surface area contributed by atoms with Crippen molar-refractivity contribution in [1.82, 2.24) is 19.5 Å². The van der Waals surface area contributed by atoms with Crippen LogP contribution in [0, 0.1) is 0 Å². The number of nitrogens with zero attached hydrogens (tertiary/aromatic N) is 4. The summed E-state index contributed by atoms with van der Waals surface area (Å²) in [6.45, 7) is 7.22. The molecule has 2 aromatic rings. The van der Waals surface area contributed by atoms with Gasteiger partial charge in [-0.25, -0.2) is 15.0 Å². The van der Waals surface area contributed by atoms with Crippen LogP contribution in [-0.4, -0.2) is 19.5 Å². The predicted molar refractivity (Wildman–Crippen MR) is 72.0 cm³/mol. The molecule has 0 aromatic carbocycles. The van der Waals surface area contributed by atoms with Gasteiger partial charge in [-0.3, -0.25) is 0 Å². The van der Waals surface area contributed by atoms with Gasteiger partial charge < -0.3 is 10.3 Å². The number of nitrogens with two attached hydrogens (primary N) is 1. The summed E-state index contributed by atoms with van der Waals surface area (Å²) in [4.78, 5) is 13.0. The van der Waals surface area contributed by atoms with Crippen LogP contribution in [0.2, 0.25) is 0 Å². The number of imidazole rings is 1. The van der Waals surface area contributed by atoms with E-state index in [1.165, 1.54) is 0 Å². The highest BCUT2D eigenvalue weighted by molar-refractivity contribution is 5.52. The third kappa shape index (κ3) is 2.50. The number of aromatic nitrogens is 4. The summed E-state index contributed by atoms with van der Waals surface area (Å²) in [6, 6.07) is 1.83. The molecular weight excluding hydrogens is 226 g/mol. The Balaban J connectivity index is 2.46. The normalized spacial score (nSPS) is 11.1. The summed E-state index contributed by atoms with van der Waals surface area (Å²) in [5.41, 5.74) is 7.73. The van der Waals surface area contributed by atoms with E-state index in [9.17, 15) is 0 Å². The average molecular weight is 245 g/mol. The van der Waals surface area contributed by atoms with Gasteiger partial charge in [0.15, 0.2) is 5.82 Å². The predicted octanol–water partition coefficient (Wildman–Crippen LogP) is 2.46. The van der Waals surface area contributed by atoms with Gasteiger partial charge in [-0.2, -0.15) is 0 Å². The first-order valence-corrected chi connectivity index (χ1v) is 6.26. The van der Waals surface area contributed by atoms with Gasteiger partial charge >= 0.3 is 0 Å². The lowest BCUT2D eigenvalue weighted by Crippen LogP contribution is -2.05. The number of aryl methyl sites for hydroxylation is 1. The average Bonchev–Trinajstić information content (AvgIpc) is 2.77. The molecule has 0 bridgehead atoms. The molecule has 18 heavy (non-hydrogen) atoms. The van der Waals surface area contributed by atoms with E-state index < -0.39 is 0 Å². The highest BCUT2D eigenvalue weighted by Gasteiger charge is 2.11. The van der Waals surface area contributed by atoms with Gasteiger partial charge in [-0.1, -0.05) is 20.8 Å². The van der Waals surface area contributed by atoms with Crippen LogP contribution in [0.15, 0.2) is 18.6 Å². The first kappa shape index (κ1) is 12.5. The van der Waals surface area contributed by atoms with E-state index in [4.69, 9.17) is 5.73 Å². The summed E-state index contributed by atoms with van der Waals surface area (Å²) in [5.74, 6) is 1.49. The minimum Gasteiger partial charge on any atom is -0.384 e. The van der Waals surface area contributed by atoms with Gasteiger partial charge in [0, 0.05) is 18.3 Å². The van der Waals surface area contributed by atoms with Gasteiger partial charge in [0.2, 0.25) is 0 Å². The highest BCUT2D eigenvalue weighted by Crippen LogP contribution is 2.20. The number of hydrogen-bond donors (Lipinski definition) is 1. The van der Waals surface area contributed by atoms with Gasteiger partial charge in [-0.05, 0) is 12.3 Å². The molecule has 0 radical (unpaired) electrons. The first-order chi connectivity index (χ1) is 8.61. The zero-order valence-corrected chi connectivity index (χ0v) is 11.1. The quantitative estimate of drug-likeness (QED) is 0.898. The second-order valence-corrected chi connectivity index (χ2v) is 4.67. The Morgan fingerprint density at radius 2 is 2.11 bits per heavy atom. The molecule has 5 nitrogen and oxygen atoms in total. The molecule has 5 heteroatoms. The van der Waals surface area contributed by atoms with Crippen LogP contribution in [0.3, 0.4) is 0 Å². The Hall–Kier alpha value is -1.91. The molecule has 0 aliphatic carbocycles. The number of hydrogen-bond acceptors (Lipinski definition) is 4. The molecule has 0 aliphatic heterocycles. The molecule has 2 aromatic heterocycles.